The number of carbonyl (C=O) groups excluding carboxylic acids is 1. The lowest BCUT2D eigenvalue weighted by Crippen LogP contribution is -2.32. The van der Waals surface area contributed by atoms with Gasteiger partial charge in [0, 0.05) is 24.7 Å². The third kappa shape index (κ3) is 5.42. The normalized spacial score (nSPS) is 18.3. The zero-order valence-electron chi connectivity index (χ0n) is 16.9. The lowest BCUT2D eigenvalue weighted by Gasteiger charge is -2.34. The maximum Gasteiger partial charge on any atom is 0.253 e. The highest BCUT2D eigenvalue weighted by atomic mass is 127. The summed E-state index contributed by atoms with van der Waals surface area (Å²) in [5.41, 5.74) is 2.07. The molecule has 4 nitrogen and oxygen atoms in total. The molecule has 0 bridgehead atoms. The molecule has 1 saturated carbocycles. The van der Waals surface area contributed by atoms with Crippen LogP contribution >= 0.6 is 34.2 Å². The second kappa shape index (κ2) is 9.35. The molecule has 2 aromatic rings. The first kappa shape index (κ1) is 21.9. The first-order chi connectivity index (χ1) is 13.3. The Labute approximate surface area is 186 Å². The molecule has 1 aromatic heterocycles. The van der Waals surface area contributed by atoms with Gasteiger partial charge in [0.1, 0.15) is 4.11 Å². The summed E-state index contributed by atoms with van der Waals surface area (Å²) in [6, 6.07) is 5.78. The van der Waals surface area contributed by atoms with Crippen LogP contribution < -0.4 is 5.32 Å². The molecule has 0 radical (unpaired) electrons. The summed E-state index contributed by atoms with van der Waals surface area (Å²) < 4.78 is 7.90. The summed E-state index contributed by atoms with van der Waals surface area (Å²) in [7, 11) is 0. The van der Waals surface area contributed by atoms with Crippen LogP contribution in [0.25, 0.3) is 10.9 Å². The predicted molar refractivity (Wildman–Crippen MR) is 124 cm³/mol. The topological polar surface area (TPSA) is 43.3 Å². The molecule has 0 spiro atoms. The van der Waals surface area contributed by atoms with E-state index in [1.54, 1.807) is 0 Å². The molecule has 154 valence electrons. The van der Waals surface area contributed by atoms with Crippen LogP contribution in [0.2, 0.25) is 5.02 Å². The molecule has 6 heteroatoms. The Morgan fingerprint density at radius 1 is 1.39 bits per heavy atom. The molecule has 0 saturated heterocycles. The van der Waals surface area contributed by atoms with Crippen molar-refractivity contribution in [2.45, 2.75) is 57.1 Å². The molecule has 1 heterocycles. The van der Waals surface area contributed by atoms with Crippen molar-refractivity contribution in [1.29, 1.82) is 0 Å². The van der Waals surface area contributed by atoms with Gasteiger partial charge in [-0.25, -0.2) is 0 Å². The van der Waals surface area contributed by atoms with E-state index < -0.39 is 0 Å². The van der Waals surface area contributed by atoms with Gasteiger partial charge < -0.3 is 14.6 Å². The van der Waals surface area contributed by atoms with Crippen molar-refractivity contribution in [1.82, 2.24) is 9.88 Å². The van der Waals surface area contributed by atoms with E-state index in [0.29, 0.717) is 35.1 Å². The van der Waals surface area contributed by atoms with Crippen LogP contribution in [-0.4, -0.2) is 27.7 Å². The number of carbonyl (C=O) groups is 1. The van der Waals surface area contributed by atoms with Crippen molar-refractivity contribution < 1.29 is 9.53 Å². The Kier molecular flexibility index (Phi) is 7.32. The number of aromatic nitrogens is 1. The van der Waals surface area contributed by atoms with Gasteiger partial charge in [0.25, 0.3) is 5.91 Å². The number of amides is 1. The fourth-order valence-electron chi connectivity index (χ4n) is 3.97. The van der Waals surface area contributed by atoms with E-state index in [0.717, 1.165) is 17.4 Å². The predicted octanol–water partition coefficient (Wildman–Crippen LogP) is 6.04. The summed E-state index contributed by atoms with van der Waals surface area (Å²) in [6.45, 7) is 8.70. The number of ether oxygens (including phenoxy) is 1. The Hall–Kier alpha value is -0.790. The lowest BCUT2D eigenvalue weighted by atomic mass is 9.73. The minimum absolute atomic E-state index is 0.0372. The SMILES string of the molecule is CC(I)OCCn1cc(C(=O)NCC2CCC(C)(C)CC2)c2c(Cl)cccc21. The molecule has 1 aromatic carbocycles. The van der Waals surface area contributed by atoms with E-state index in [1.165, 1.54) is 25.7 Å². The van der Waals surface area contributed by atoms with Crippen LogP contribution in [0.3, 0.4) is 0 Å². The third-order valence-electron chi connectivity index (χ3n) is 5.79. The number of hydrogen-bond acceptors (Lipinski definition) is 2. The molecular weight excluding hydrogens is 487 g/mol. The van der Waals surface area contributed by atoms with Gasteiger partial charge in [-0.05, 0) is 56.1 Å². The van der Waals surface area contributed by atoms with E-state index in [1.807, 2.05) is 31.3 Å². The van der Waals surface area contributed by atoms with Gasteiger partial charge >= 0.3 is 0 Å². The summed E-state index contributed by atoms with van der Waals surface area (Å²) in [6.07, 6.45) is 6.74. The molecule has 28 heavy (non-hydrogen) atoms. The van der Waals surface area contributed by atoms with Crippen LogP contribution in [0.5, 0.6) is 0 Å². The summed E-state index contributed by atoms with van der Waals surface area (Å²) in [4.78, 5) is 13.0. The minimum Gasteiger partial charge on any atom is -0.366 e. The molecule has 1 atom stereocenters. The number of alkyl halides is 1. The largest absolute Gasteiger partial charge is 0.366 e. The molecule has 1 unspecified atom stereocenters. The second-order valence-electron chi connectivity index (χ2n) is 8.60. The van der Waals surface area contributed by atoms with Crippen LogP contribution in [-0.2, 0) is 11.3 Å². The Bertz CT molecular complexity index is 821. The Morgan fingerprint density at radius 3 is 2.79 bits per heavy atom. The lowest BCUT2D eigenvalue weighted by molar-refractivity contribution is 0.0937. The first-order valence-corrected chi connectivity index (χ1v) is 11.7. The van der Waals surface area contributed by atoms with Gasteiger partial charge in [-0.15, -0.1) is 0 Å². The molecular formula is C22H30ClIN2O2. The monoisotopic (exact) mass is 516 g/mol. The number of hydrogen-bond donors (Lipinski definition) is 1. The molecule has 1 N–H and O–H groups in total. The zero-order chi connectivity index (χ0) is 20.3. The van der Waals surface area contributed by atoms with E-state index in [2.05, 4.69) is 46.3 Å². The van der Waals surface area contributed by atoms with Crippen molar-refractivity contribution in [3.63, 3.8) is 0 Å². The van der Waals surface area contributed by atoms with Crippen LogP contribution in [0.1, 0.15) is 56.8 Å². The molecule has 1 aliphatic carbocycles. The first-order valence-electron chi connectivity index (χ1n) is 10.1. The number of rotatable bonds is 7. The highest BCUT2D eigenvalue weighted by Crippen LogP contribution is 2.37. The van der Waals surface area contributed by atoms with Gasteiger partial charge in [-0.2, -0.15) is 0 Å². The van der Waals surface area contributed by atoms with Crippen LogP contribution in [0.4, 0.5) is 0 Å². The fraction of sp³-hybridized carbons (Fsp3) is 0.591. The number of nitrogens with zero attached hydrogens (tertiary/aromatic N) is 1. The average molecular weight is 517 g/mol. The van der Waals surface area contributed by atoms with E-state index in [9.17, 15) is 4.79 Å². The maximum atomic E-state index is 13.0. The standard InChI is InChI=1S/C22H30ClIN2O2/c1-15(24)28-12-11-26-14-17(20-18(23)5-4-6-19(20)26)21(27)25-13-16-7-9-22(2,3)10-8-16/h4-6,14-16H,7-13H2,1-3H3,(H,25,27). The summed E-state index contributed by atoms with van der Waals surface area (Å²) in [5.74, 6) is 0.532. The van der Waals surface area contributed by atoms with Crippen molar-refractivity contribution in [2.24, 2.45) is 11.3 Å². The van der Waals surface area contributed by atoms with Gasteiger partial charge in [0.2, 0.25) is 0 Å². The van der Waals surface area contributed by atoms with Crippen molar-refractivity contribution in [3.05, 3.63) is 35.0 Å². The van der Waals surface area contributed by atoms with Crippen LogP contribution in [0, 0.1) is 11.3 Å². The fourth-order valence-corrected chi connectivity index (χ4v) is 4.50. The van der Waals surface area contributed by atoms with Gasteiger partial charge in [0.05, 0.1) is 22.7 Å². The number of halogens is 2. The van der Waals surface area contributed by atoms with Gasteiger partial charge in [-0.3, -0.25) is 4.79 Å². The second-order valence-corrected chi connectivity index (χ2v) is 10.8. The maximum absolute atomic E-state index is 13.0. The highest BCUT2D eigenvalue weighted by molar-refractivity contribution is 14.1. The smallest absolute Gasteiger partial charge is 0.253 e. The molecule has 1 fully saturated rings. The number of fused-ring (bicyclic) bond motifs is 1. The van der Waals surface area contributed by atoms with Crippen molar-refractivity contribution in [3.8, 4) is 0 Å². The zero-order valence-corrected chi connectivity index (χ0v) is 19.8. The molecule has 1 aliphatic rings. The Balaban J connectivity index is 1.71. The van der Waals surface area contributed by atoms with Crippen molar-refractivity contribution >= 4 is 51.0 Å². The van der Waals surface area contributed by atoms with Crippen LogP contribution in [0.15, 0.2) is 24.4 Å². The van der Waals surface area contributed by atoms with E-state index >= 15 is 0 Å². The minimum atomic E-state index is -0.0372. The van der Waals surface area contributed by atoms with Gasteiger partial charge in [-0.1, -0.05) is 54.1 Å². The average Bonchev–Trinajstić information content (AvgIpc) is 3.00. The quantitative estimate of drug-likeness (QED) is 0.360. The number of nitrogens with one attached hydrogen (secondary N) is 1. The highest BCUT2D eigenvalue weighted by Gasteiger charge is 2.27. The third-order valence-corrected chi connectivity index (χ3v) is 6.46. The summed E-state index contributed by atoms with van der Waals surface area (Å²) >= 11 is 8.70. The Morgan fingerprint density at radius 2 is 2.11 bits per heavy atom. The van der Waals surface area contributed by atoms with E-state index in [4.69, 9.17) is 16.3 Å². The number of benzene rings is 1. The molecule has 3 rings (SSSR count). The summed E-state index contributed by atoms with van der Waals surface area (Å²) in [5, 5.41) is 4.60. The molecule has 1 amide bonds. The van der Waals surface area contributed by atoms with Gasteiger partial charge in [0.15, 0.2) is 0 Å². The molecule has 0 aliphatic heterocycles. The van der Waals surface area contributed by atoms with Crippen molar-refractivity contribution in [2.75, 3.05) is 13.2 Å². The van der Waals surface area contributed by atoms with E-state index in [-0.39, 0.29) is 10.0 Å².